The van der Waals surface area contributed by atoms with Gasteiger partial charge in [0.25, 0.3) is 0 Å². The molecule has 2 aromatic heterocycles. The van der Waals surface area contributed by atoms with Crippen molar-refractivity contribution in [2.24, 2.45) is 0 Å². The first kappa shape index (κ1) is 23.1. The summed E-state index contributed by atoms with van der Waals surface area (Å²) in [5, 5.41) is 10.0. The van der Waals surface area contributed by atoms with Crippen LogP contribution in [0.1, 0.15) is 37.1 Å². The van der Waals surface area contributed by atoms with Crippen molar-refractivity contribution < 1.29 is 19.3 Å². The van der Waals surface area contributed by atoms with Crippen molar-refractivity contribution in [1.29, 1.82) is 0 Å². The van der Waals surface area contributed by atoms with Gasteiger partial charge in [-0.1, -0.05) is 48.5 Å². The number of imidazole rings is 1. The molecule has 9 nitrogen and oxygen atoms in total. The monoisotopic (exact) mass is 519 g/mol. The van der Waals surface area contributed by atoms with Crippen LogP contribution in [-0.4, -0.2) is 61.9 Å². The van der Waals surface area contributed by atoms with Crippen LogP contribution in [0, 0.1) is 0 Å². The van der Waals surface area contributed by atoms with Crippen LogP contribution in [0.2, 0.25) is 5.28 Å². The second kappa shape index (κ2) is 8.47. The molecule has 0 aliphatic carbocycles. The van der Waals surface area contributed by atoms with Gasteiger partial charge < -0.3 is 24.2 Å². The molecule has 5 atom stereocenters. The highest BCUT2D eigenvalue weighted by molar-refractivity contribution is 6.28. The smallest absolute Gasteiger partial charge is 0.226 e. The molecule has 0 saturated carbocycles. The van der Waals surface area contributed by atoms with Crippen molar-refractivity contribution in [3.05, 3.63) is 77.3 Å². The van der Waals surface area contributed by atoms with E-state index in [0.717, 1.165) is 5.69 Å². The Balaban J connectivity index is 1.32. The number of aromatic nitrogens is 4. The van der Waals surface area contributed by atoms with Crippen LogP contribution < -0.4 is 4.90 Å². The van der Waals surface area contributed by atoms with E-state index in [4.69, 9.17) is 30.8 Å². The summed E-state index contributed by atoms with van der Waals surface area (Å²) < 4.78 is 20.2. The number of rotatable bonds is 4. The van der Waals surface area contributed by atoms with Gasteiger partial charge in [0.2, 0.25) is 5.28 Å². The molecule has 0 bridgehead atoms. The number of fused-ring (bicyclic) bond motifs is 3. The molecule has 2 aromatic carbocycles. The maximum Gasteiger partial charge on any atom is 0.226 e. The molecule has 2 saturated heterocycles. The molecule has 0 amide bonds. The molecule has 3 aliphatic heterocycles. The third-order valence-corrected chi connectivity index (χ3v) is 7.55. The van der Waals surface area contributed by atoms with Gasteiger partial charge in [0.05, 0.1) is 12.9 Å². The summed E-state index contributed by atoms with van der Waals surface area (Å²) in [6.07, 6.45) is -0.279. The zero-order valence-electron chi connectivity index (χ0n) is 20.4. The van der Waals surface area contributed by atoms with Crippen molar-refractivity contribution in [3.8, 4) is 0 Å². The summed E-state index contributed by atoms with van der Waals surface area (Å²) in [5.74, 6) is 0.0283. The Bertz CT molecular complexity index is 1480. The number of benzene rings is 2. The van der Waals surface area contributed by atoms with Crippen LogP contribution in [0.15, 0.2) is 60.9 Å². The van der Waals surface area contributed by atoms with Gasteiger partial charge >= 0.3 is 0 Å². The fourth-order valence-corrected chi connectivity index (χ4v) is 6.02. The van der Waals surface area contributed by atoms with E-state index in [-0.39, 0.29) is 17.8 Å². The molecular weight excluding hydrogens is 494 g/mol. The largest absolute Gasteiger partial charge is 0.394 e. The third-order valence-electron chi connectivity index (χ3n) is 7.38. The number of ether oxygens (including phenoxy) is 3. The van der Waals surface area contributed by atoms with Gasteiger partial charge in [0, 0.05) is 18.2 Å². The SMILES string of the molecule is CC1(C)O[C@@H]2[C@H](O1)[C@@H](CO)O[C@H]2n1cnc2c(N3CC(c4ccccc4)c4ccccc43)nc(Cl)nc21. The van der Waals surface area contributed by atoms with Gasteiger partial charge in [-0.25, -0.2) is 4.98 Å². The summed E-state index contributed by atoms with van der Waals surface area (Å²) in [6, 6.07) is 18.8. The minimum absolute atomic E-state index is 0.113. The number of nitrogens with zero attached hydrogens (tertiary/aromatic N) is 5. The van der Waals surface area contributed by atoms with E-state index >= 15 is 0 Å². The first-order valence-corrected chi connectivity index (χ1v) is 12.7. The zero-order valence-corrected chi connectivity index (χ0v) is 21.1. The molecule has 190 valence electrons. The molecule has 2 fully saturated rings. The predicted octanol–water partition coefficient (Wildman–Crippen LogP) is 4.17. The molecular formula is C27H26ClN5O4. The number of aliphatic hydroxyl groups excluding tert-OH is 1. The van der Waals surface area contributed by atoms with Crippen molar-refractivity contribution in [2.75, 3.05) is 18.1 Å². The van der Waals surface area contributed by atoms with Crippen molar-refractivity contribution in [2.45, 2.75) is 50.1 Å². The Morgan fingerprint density at radius 1 is 1.03 bits per heavy atom. The number of hydrogen-bond acceptors (Lipinski definition) is 8. The minimum Gasteiger partial charge on any atom is -0.394 e. The second-order valence-electron chi connectivity index (χ2n) is 10.1. The Morgan fingerprint density at radius 3 is 2.59 bits per heavy atom. The number of para-hydroxylation sites is 1. The average molecular weight is 520 g/mol. The molecule has 4 aromatic rings. The molecule has 0 radical (unpaired) electrons. The molecule has 0 spiro atoms. The normalized spacial score (nSPS) is 28.1. The number of anilines is 2. The third kappa shape index (κ3) is 3.65. The Hall–Kier alpha value is -3.08. The zero-order chi connectivity index (χ0) is 25.3. The van der Waals surface area contributed by atoms with E-state index < -0.39 is 30.3 Å². The summed E-state index contributed by atoms with van der Waals surface area (Å²) in [4.78, 5) is 16.1. The van der Waals surface area contributed by atoms with Crippen LogP contribution >= 0.6 is 11.6 Å². The molecule has 5 heterocycles. The van der Waals surface area contributed by atoms with Gasteiger partial charge in [-0.2, -0.15) is 9.97 Å². The summed E-state index contributed by atoms with van der Waals surface area (Å²) in [6.45, 7) is 4.22. The van der Waals surface area contributed by atoms with Gasteiger partial charge in [-0.15, -0.1) is 0 Å². The van der Waals surface area contributed by atoms with Crippen LogP contribution in [0.4, 0.5) is 11.5 Å². The molecule has 1 unspecified atom stereocenters. The fraction of sp³-hybridized carbons (Fsp3) is 0.370. The van der Waals surface area contributed by atoms with Gasteiger partial charge in [0.15, 0.2) is 29.0 Å². The Kier molecular flexibility index (Phi) is 5.28. The lowest BCUT2D eigenvalue weighted by molar-refractivity contribution is -0.199. The molecule has 7 rings (SSSR count). The van der Waals surface area contributed by atoms with E-state index in [0.29, 0.717) is 23.5 Å². The maximum atomic E-state index is 9.92. The minimum atomic E-state index is -0.787. The molecule has 37 heavy (non-hydrogen) atoms. The van der Waals surface area contributed by atoms with Crippen molar-refractivity contribution in [1.82, 2.24) is 19.5 Å². The summed E-state index contributed by atoms with van der Waals surface area (Å²) in [5.41, 5.74) is 4.67. The summed E-state index contributed by atoms with van der Waals surface area (Å²) in [7, 11) is 0. The van der Waals surface area contributed by atoms with Crippen LogP contribution in [0.5, 0.6) is 0 Å². The predicted molar refractivity (Wildman–Crippen MR) is 137 cm³/mol. The lowest BCUT2D eigenvalue weighted by Gasteiger charge is -2.24. The van der Waals surface area contributed by atoms with Gasteiger partial charge in [-0.05, 0) is 42.6 Å². The van der Waals surface area contributed by atoms with Crippen molar-refractivity contribution >= 4 is 34.3 Å². The lowest BCUT2D eigenvalue weighted by atomic mass is 9.93. The first-order chi connectivity index (χ1) is 17.9. The first-order valence-electron chi connectivity index (χ1n) is 12.4. The Morgan fingerprint density at radius 2 is 1.78 bits per heavy atom. The quantitative estimate of drug-likeness (QED) is 0.401. The average Bonchev–Trinajstić information content (AvgIpc) is 3.64. The van der Waals surface area contributed by atoms with Crippen LogP contribution in [0.3, 0.4) is 0 Å². The van der Waals surface area contributed by atoms with E-state index in [1.807, 2.05) is 26.0 Å². The molecule has 3 aliphatic rings. The standard InChI is InChI=1S/C27H26ClN5O4/c1-27(2)36-21-19(13-34)35-25(22(21)37-27)33-14-29-20-23(30-26(28)31-24(20)33)32-12-17(15-8-4-3-5-9-15)16-10-6-7-11-18(16)32/h3-11,14,17,19,21-22,25,34H,12-13H2,1-2H3/t17?,19-,21-,22-,25-/m1/s1. The number of hydrogen-bond donors (Lipinski definition) is 1. The van der Waals surface area contributed by atoms with Crippen LogP contribution in [0.25, 0.3) is 11.2 Å². The lowest BCUT2D eigenvalue weighted by Crippen LogP contribution is -2.31. The van der Waals surface area contributed by atoms with Gasteiger partial charge in [-0.3, -0.25) is 4.57 Å². The maximum absolute atomic E-state index is 9.92. The van der Waals surface area contributed by atoms with E-state index in [1.54, 1.807) is 10.9 Å². The van der Waals surface area contributed by atoms with Crippen molar-refractivity contribution in [3.63, 3.8) is 0 Å². The molecule has 10 heteroatoms. The molecule has 1 N–H and O–H groups in total. The fourth-order valence-electron chi connectivity index (χ4n) is 5.86. The topological polar surface area (TPSA) is 94.8 Å². The van der Waals surface area contributed by atoms with E-state index in [2.05, 4.69) is 57.3 Å². The number of aliphatic hydroxyl groups is 1. The van der Waals surface area contributed by atoms with Crippen LogP contribution in [-0.2, 0) is 14.2 Å². The second-order valence-corrected chi connectivity index (χ2v) is 10.4. The van der Waals surface area contributed by atoms with E-state index in [9.17, 15) is 5.11 Å². The number of halogens is 1. The highest BCUT2D eigenvalue weighted by atomic mass is 35.5. The van der Waals surface area contributed by atoms with E-state index in [1.165, 1.54) is 11.1 Å². The highest BCUT2D eigenvalue weighted by Crippen LogP contribution is 2.46. The Labute approximate surface area is 218 Å². The highest BCUT2D eigenvalue weighted by Gasteiger charge is 2.56. The van der Waals surface area contributed by atoms with Gasteiger partial charge in [0.1, 0.15) is 18.3 Å². The summed E-state index contributed by atoms with van der Waals surface area (Å²) >= 11 is 6.50.